The summed E-state index contributed by atoms with van der Waals surface area (Å²) >= 11 is 5.88. The van der Waals surface area contributed by atoms with Crippen LogP contribution in [0.5, 0.6) is 5.75 Å². The van der Waals surface area contributed by atoms with Gasteiger partial charge in [0.15, 0.2) is 0 Å². The summed E-state index contributed by atoms with van der Waals surface area (Å²) in [5.74, 6) is 0.745. The second-order valence-electron chi connectivity index (χ2n) is 2.57. The summed E-state index contributed by atoms with van der Waals surface area (Å²) < 4.78 is 5.05. The van der Waals surface area contributed by atoms with Crippen molar-refractivity contribution in [3.63, 3.8) is 0 Å². The van der Waals surface area contributed by atoms with Gasteiger partial charge in [-0.25, -0.2) is 0 Å². The number of halogens is 1. The molecule has 1 aromatic rings. The second-order valence-corrected chi connectivity index (χ2v) is 2.98. The number of methoxy groups -OCH3 is 1. The lowest BCUT2D eigenvalue weighted by molar-refractivity contribution is 0.414. The molecule has 0 atom stereocenters. The van der Waals surface area contributed by atoms with Crippen LogP contribution in [0, 0.1) is 13.8 Å². The summed E-state index contributed by atoms with van der Waals surface area (Å²) in [6.07, 6.45) is 0. The molecule has 0 heterocycles. The minimum atomic E-state index is 0.676. The Hall–Kier alpha value is -0.690. The Kier molecular flexibility index (Phi) is 2.40. The summed E-state index contributed by atoms with van der Waals surface area (Å²) in [4.78, 5) is 0. The van der Waals surface area contributed by atoms with Crippen LogP contribution >= 0.6 is 11.6 Å². The fourth-order valence-corrected chi connectivity index (χ4v) is 1.21. The summed E-state index contributed by atoms with van der Waals surface area (Å²) in [6.45, 7) is 4.06. The molecule has 0 fully saturated rings. The third-order valence-electron chi connectivity index (χ3n) is 1.77. The minimum absolute atomic E-state index is 0.676. The van der Waals surface area contributed by atoms with Gasteiger partial charge in [0.2, 0.25) is 0 Å². The molecule has 0 aromatic heterocycles. The lowest BCUT2D eigenvalue weighted by Crippen LogP contribution is -1.87. The predicted octanol–water partition coefficient (Wildman–Crippen LogP) is 2.97. The van der Waals surface area contributed by atoms with Crippen molar-refractivity contribution in [2.45, 2.75) is 13.8 Å². The molecule has 0 aliphatic heterocycles. The molecule has 0 saturated carbocycles. The van der Waals surface area contributed by atoms with E-state index in [1.54, 1.807) is 7.11 Å². The van der Waals surface area contributed by atoms with E-state index in [4.69, 9.17) is 16.3 Å². The van der Waals surface area contributed by atoms with Gasteiger partial charge < -0.3 is 4.74 Å². The number of aryl methyl sites for hydroxylation is 2. The van der Waals surface area contributed by atoms with E-state index in [9.17, 15) is 0 Å². The Labute approximate surface area is 71.9 Å². The summed E-state index contributed by atoms with van der Waals surface area (Å²) in [5, 5.41) is 0.676. The third-order valence-corrected chi connectivity index (χ3v) is 2.06. The van der Waals surface area contributed by atoms with E-state index in [0.29, 0.717) is 5.02 Å². The zero-order valence-electron chi connectivity index (χ0n) is 6.94. The highest BCUT2D eigenvalue weighted by atomic mass is 35.5. The van der Waals surface area contributed by atoms with Gasteiger partial charge in [-0.1, -0.05) is 11.6 Å². The zero-order valence-corrected chi connectivity index (χ0v) is 7.70. The van der Waals surface area contributed by atoms with Crippen molar-refractivity contribution in [1.29, 1.82) is 0 Å². The molecule has 1 aromatic carbocycles. The standard InChI is InChI=1S/C9H11ClO/c1-6-4-8(10)9(11-3)5-7(6)2/h4-5H,1-3H3. The van der Waals surface area contributed by atoms with Gasteiger partial charge in [0.1, 0.15) is 5.75 Å². The quantitative estimate of drug-likeness (QED) is 0.630. The van der Waals surface area contributed by atoms with Gasteiger partial charge in [-0.05, 0) is 37.1 Å². The van der Waals surface area contributed by atoms with Gasteiger partial charge in [0.05, 0.1) is 12.1 Å². The van der Waals surface area contributed by atoms with Crippen LogP contribution < -0.4 is 4.74 Å². The molecule has 0 aliphatic rings. The molecule has 1 nitrogen and oxygen atoms in total. The first-order chi connectivity index (χ1) is 5.15. The Morgan fingerprint density at radius 1 is 1.18 bits per heavy atom. The normalized spacial score (nSPS) is 9.82. The minimum Gasteiger partial charge on any atom is -0.495 e. The molecule has 11 heavy (non-hydrogen) atoms. The molecule has 0 spiro atoms. The first kappa shape index (κ1) is 8.41. The van der Waals surface area contributed by atoms with Crippen LogP contribution in [0.25, 0.3) is 0 Å². The number of benzene rings is 1. The number of hydrogen-bond donors (Lipinski definition) is 0. The molecule has 0 aliphatic carbocycles. The van der Waals surface area contributed by atoms with Crippen LogP contribution in [0.4, 0.5) is 0 Å². The van der Waals surface area contributed by atoms with Crippen molar-refractivity contribution in [3.05, 3.63) is 28.3 Å². The lowest BCUT2D eigenvalue weighted by Gasteiger charge is -2.05. The maximum atomic E-state index is 5.88. The van der Waals surface area contributed by atoms with E-state index < -0.39 is 0 Å². The van der Waals surface area contributed by atoms with Crippen molar-refractivity contribution in [2.75, 3.05) is 7.11 Å². The van der Waals surface area contributed by atoms with Crippen molar-refractivity contribution in [2.24, 2.45) is 0 Å². The number of hydrogen-bond acceptors (Lipinski definition) is 1. The monoisotopic (exact) mass is 170 g/mol. The third kappa shape index (κ3) is 1.66. The fourth-order valence-electron chi connectivity index (χ4n) is 0.911. The van der Waals surface area contributed by atoms with Crippen LogP contribution in [0.2, 0.25) is 5.02 Å². The molecule has 0 amide bonds. The topological polar surface area (TPSA) is 9.23 Å². The van der Waals surface area contributed by atoms with Gasteiger partial charge in [-0.15, -0.1) is 0 Å². The molecule has 0 N–H and O–H groups in total. The van der Waals surface area contributed by atoms with Crippen molar-refractivity contribution >= 4 is 11.6 Å². The Balaban J connectivity index is 3.21. The summed E-state index contributed by atoms with van der Waals surface area (Å²) in [6, 6.07) is 3.85. The highest BCUT2D eigenvalue weighted by Crippen LogP contribution is 2.26. The molecule has 60 valence electrons. The number of rotatable bonds is 1. The van der Waals surface area contributed by atoms with E-state index in [2.05, 4.69) is 0 Å². The molecular weight excluding hydrogens is 160 g/mol. The van der Waals surface area contributed by atoms with Gasteiger partial charge in [-0.3, -0.25) is 0 Å². The van der Waals surface area contributed by atoms with Crippen LogP contribution in [0.1, 0.15) is 11.1 Å². The average molecular weight is 171 g/mol. The van der Waals surface area contributed by atoms with Crippen molar-refractivity contribution in [3.8, 4) is 5.75 Å². The SMILES string of the molecule is COc1cc(C)c(C)cc1Cl. The predicted molar refractivity (Wildman–Crippen MR) is 47.5 cm³/mol. The number of ether oxygens (including phenoxy) is 1. The summed E-state index contributed by atoms with van der Waals surface area (Å²) in [7, 11) is 1.62. The van der Waals surface area contributed by atoms with Crippen molar-refractivity contribution < 1.29 is 4.74 Å². The lowest BCUT2D eigenvalue weighted by atomic mass is 10.1. The van der Waals surface area contributed by atoms with Crippen LogP contribution in [0.15, 0.2) is 12.1 Å². The zero-order chi connectivity index (χ0) is 8.43. The van der Waals surface area contributed by atoms with E-state index in [1.165, 1.54) is 11.1 Å². The Bertz CT molecular complexity index is 269. The first-order valence-electron chi connectivity index (χ1n) is 3.46. The van der Waals surface area contributed by atoms with Crippen molar-refractivity contribution in [1.82, 2.24) is 0 Å². The summed E-state index contributed by atoms with van der Waals surface area (Å²) in [5.41, 5.74) is 2.39. The van der Waals surface area contributed by atoms with E-state index in [1.807, 2.05) is 26.0 Å². The first-order valence-corrected chi connectivity index (χ1v) is 3.83. The van der Waals surface area contributed by atoms with E-state index >= 15 is 0 Å². The maximum Gasteiger partial charge on any atom is 0.137 e. The Morgan fingerprint density at radius 2 is 1.73 bits per heavy atom. The Morgan fingerprint density at radius 3 is 2.27 bits per heavy atom. The smallest absolute Gasteiger partial charge is 0.137 e. The van der Waals surface area contributed by atoms with Gasteiger partial charge in [-0.2, -0.15) is 0 Å². The largest absolute Gasteiger partial charge is 0.495 e. The van der Waals surface area contributed by atoms with Gasteiger partial charge >= 0.3 is 0 Å². The van der Waals surface area contributed by atoms with E-state index in [-0.39, 0.29) is 0 Å². The molecule has 0 radical (unpaired) electrons. The highest BCUT2D eigenvalue weighted by molar-refractivity contribution is 6.32. The second kappa shape index (κ2) is 3.14. The molecular formula is C9H11ClO. The average Bonchev–Trinajstić information content (AvgIpc) is 1.97. The van der Waals surface area contributed by atoms with Gasteiger partial charge in [0.25, 0.3) is 0 Å². The highest BCUT2D eigenvalue weighted by Gasteiger charge is 2.01. The molecule has 1 rings (SSSR count). The van der Waals surface area contributed by atoms with E-state index in [0.717, 1.165) is 5.75 Å². The maximum absolute atomic E-state index is 5.88. The van der Waals surface area contributed by atoms with Crippen LogP contribution in [0.3, 0.4) is 0 Å². The fraction of sp³-hybridized carbons (Fsp3) is 0.333. The molecule has 2 heteroatoms. The molecule has 0 saturated heterocycles. The van der Waals surface area contributed by atoms with Gasteiger partial charge in [0, 0.05) is 0 Å². The van der Waals surface area contributed by atoms with Crippen LogP contribution in [-0.4, -0.2) is 7.11 Å². The van der Waals surface area contributed by atoms with Crippen LogP contribution in [-0.2, 0) is 0 Å². The molecule has 0 bridgehead atoms. The molecule has 0 unspecified atom stereocenters.